The van der Waals surface area contributed by atoms with Crippen molar-refractivity contribution in [2.24, 2.45) is 4.99 Å². The summed E-state index contributed by atoms with van der Waals surface area (Å²) in [5, 5.41) is 4.96. The zero-order chi connectivity index (χ0) is 33.9. The highest BCUT2D eigenvalue weighted by Gasteiger charge is 2.34. The van der Waals surface area contributed by atoms with E-state index in [2.05, 4.69) is 6.58 Å². The van der Waals surface area contributed by atoms with E-state index in [1.807, 2.05) is 92.0 Å². The summed E-state index contributed by atoms with van der Waals surface area (Å²) in [5.41, 5.74) is 5.44. The maximum Gasteiger partial charge on any atom is 0.338 e. The number of thiazole rings is 1. The van der Waals surface area contributed by atoms with Gasteiger partial charge >= 0.3 is 5.97 Å². The van der Waals surface area contributed by atoms with Crippen LogP contribution in [0.4, 0.5) is 0 Å². The highest BCUT2D eigenvalue weighted by Crippen LogP contribution is 2.32. The predicted molar refractivity (Wildman–Crippen MR) is 187 cm³/mol. The van der Waals surface area contributed by atoms with Crippen LogP contribution in [0.5, 0.6) is 11.5 Å². The number of hydrogen-bond acceptors (Lipinski definition) is 8. The Hall–Kier alpha value is -5.48. The number of hydrogen-bond donors (Lipinski definition) is 0. The molecular formula is C38H36N4O5S. The molecular weight excluding hydrogens is 625 g/mol. The predicted octanol–water partition coefficient (Wildman–Crippen LogP) is 5.92. The van der Waals surface area contributed by atoms with Crippen molar-refractivity contribution < 1.29 is 19.0 Å². The fraction of sp³-hybridized carbons (Fsp3) is 0.211. The van der Waals surface area contributed by atoms with Crippen LogP contribution in [0.1, 0.15) is 43.5 Å². The van der Waals surface area contributed by atoms with E-state index in [0.29, 0.717) is 38.7 Å². The number of allylic oxidation sites excluding steroid dienone is 1. The topological polar surface area (TPSA) is 96.9 Å². The van der Waals surface area contributed by atoms with Gasteiger partial charge in [0.25, 0.3) is 5.56 Å². The molecule has 5 aromatic rings. The molecule has 0 saturated carbocycles. The number of aromatic nitrogens is 3. The molecule has 1 atom stereocenters. The van der Waals surface area contributed by atoms with Crippen molar-refractivity contribution >= 4 is 23.4 Å². The number of esters is 1. The molecule has 48 heavy (non-hydrogen) atoms. The fourth-order valence-corrected chi connectivity index (χ4v) is 6.68. The molecule has 1 aliphatic heterocycles. The van der Waals surface area contributed by atoms with Crippen molar-refractivity contribution in [3.8, 4) is 28.4 Å². The molecule has 1 aliphatic rings. The third kappa shape index (κ3) is 6.39. The second-order valence-electron chi connectivity index (χ2n) is 11.6. The molecule has 3 aromatic carbocycles. The molecule has 6 rings (SSSR count). The largest absolute Gasteiger partial charge is 0.497 e. The SMILES string of the molecule is C=CCOc1ccc(-c2nn(-c3ccccc3)cc2/C=c2/sc3n(c2=O)[C@H](c2ccc(OC)cc2)C(C(=O)OC(C)C)=C(C)N=3)cc1C. The number of nitrogens with zero attached hydrogens (tertiary/aromatic N) is 4. The van der Waals surface area contributed by atoms with E-state index in [9.17, 15) is 9.59 Å². The van der Waals surface area contributed by atoms with Gasteiger partial charge in [0.15, 0.2) is 4.80 Å². The third-order valence-corrected chi connectivity index (χ3v) is 8.85. The van der Waals surface area contributed by atoms with Crippen LogP contribution in [0.25, 0.3) is 23.0 Å². The second kappa shape index (κ2) is 13.7. The van der Waals surface area contributed by atoms with Crippen LogP contribution < -0.4 is 24.4 Å². The van der Waals surface area contributed by atoms with Gasteiger partial charge in [-0.25, -0.2) is 14.5 Å². The van der Waals surface area contributed by atoms with Crippen molar-refractivity contribution in [3.63, 3.8) is 0 Å². The summed E-state index contributed by atoms with van der Waals surface area (Å²) in [6, 6.07) is 22.3. The quantitative estimate of drug-likeness (QED) is 0.136. The molecule has 0 bridgehead atoms. The van der Waals surface area contributed by atoms with E-state index in [1.54, 1.807) is 43.2 Å². The Morgan fingerprint density at radius 1 is 1.06 bits per heavy atom. The van der Waals surface area contributed by atoms with Crippen LogP contribution in [0.15, 0.2) is 113 Å². The third-order valence-electron chi connectivity index (χ3n) is 7.87. The molecule has 0 aliphatic carbocycles. The Morgan fingerprint density at radius 3 is 2.48 bits per heavy atom. The lowest BCUT2D eigenvalue weighted by atomic mass is 9.96. The first-order valence-corrected chi connectivity index (χ1v) is 16.4. The Bertz CT molecular complexity index is 2210. The summed E-state index contributed by atoms with van der Waals surface area (Å²) < 4.78 is 20.7. The number of aryl methyl sites for hydroxylation is 1. The first-order chi connectivity index (χ1) is 23.2. The fourth-order valence-electron chi connectivity index (χ4n) is 5.64. The van der Waals surface area contributed by atoms with Crippen molar-refractivity contribution in [2.75, 3.05) is 13.7 Å². The smallest absolute Gasteiger partial charge is 0.338 e. The van der Waals surface area contributed by atoms with Crippen molar-refractivity contribution in [1.29, 1.82) is 0 Å². The van der Waals surface area contributed by atoms with E-state index in [-0.39, 0.29) is 11.7 Å². The summed E-state index contributed by atoms with van der Waals surface area (Å²) in [7, 11) is 1.59. The maximum absolute atomic E-state index is 14.4. The molecule has 0 fully saturated rings. The zero-order valence-corrected chi connectivity index (χ0v) is 28.3. The Balaban J connectivity index is 1.53. The summed E-state index contributed by atoms with van der Waals surface area (Å²) in [6.07, 6.45) is 5.13. The Kier molecular flexibility index (Phi) is 9.27. The number of fused-ring (bicyclic) bond motifs is 1. The number of benzene rings is 3. The molecule has 0 N–H and O–H groups in total. The molecule has 0 unspecified atom stereocenters. The molecule has 0 amide bonds. The normalized spacial score (nSPS) is 14.5. The van der Waals surface area contributed by atoms with Crippen LogP contribution in [0.2, 0.25) is 0 Å². The summed E-state index contributed by atoms with van der Waals surface area (Å²) in [5.74, 6) is 0.914. The van der Waals surface area contributed by atoms with Gasteiger partial charge in [-0.2, -0.15) is 5.10 Å². The minimum atomic E-state index is -0.738. The van der Waals surface area contributed by atoms with Crippen LogP contribution in [-0.4, -0.2) is 40.1 Å². The summed E-state index contributed by atoms with van der Waals surface area (Å²) in [6.45, 7) is 11.5. The van der Waals surface area contributed by atoms with E-state index >= 15 is 0 Å². The molecule has 9 nitrogen and oxygen atoms in total. The number of para-hydroxylation sites is 1. The van der Waals surface area contributed by atoms with Gasteiger partial charge in [-0.15, -0.1) is 0 Å². The van der Waals surface area contributed by atoms with Crippen molar-refractivity contribution in [3.05, 3.63) is 139 Å². The van der Waals surface area contributed by atoms with Crippen LogP contribution in [0.3, 0.4) is 0 Å². The van der Waals surface area contributed by atoms with Crippen molar-refractivity contribution in [2.45, 2.75) is 39.8 Å². The zero-order valence-electron chi connectivity index (χ0n) is 27.5. The molecule has 0 radical (unpaired) electrons. The lowest BCUT2D eigenvalue weighted by molar-refractivity contribution is -0.143. The molecule has 0 saturated heterocycles. The summed E-state index contributed by atoms with van der Waals surface area (Å²) in [4.78, 5) is 33.1. The van der Waals surface area contributed by atoms with Gasteiger partial charge < -0.3 is 14.2 Å². The molecule has 0 spiro atoms. The Labute approximate surface area is 282 Å². The first-order valence-electron chi connectivity index (χ1n) is 15.6. The molecule has 3 heterocycles. The maximum atomic E-state index is 14.4. The average Bonchev–Trinajstić information content (AvgIpc) is 3.64. The van der Waals surface area contributed by atoms with Gasteiger partial charge in [-0.05, 0) is 87.4 Å². The molecule has 10 heteroatoms. The standard InChI is InChI=1S/C38H36N4O5S/c1-7-19-46-31-18-15-27(20-24(31)4)34-28(22-41(40-34)29-11-9-8-10-12-29)21-32-36(43)42-35(26-13-16-30(45-6)17-14-26)33(37(44)47-23(2)3)25(5)39-38(42)48-32/h7-18,20-23,35H,1,19H2,2-6H3/b32-21+/t35-/m1/s1. The van der Waals surface area contributed by atoms with Crippen LogP contribution >= 0.6 is 11.3 Å². The lowest BCUT2D eigenvalue weighted by Gasteiger charge is -2.25. The number of ether oxygens (including phenoxy) is 3. The number of carbonyl (C=O) groups excluding carboxylic acids is 1. The highest BCUT2D eigenvalue weighted by atomic mass is 32.1. The number of methoxy groups -OCH3 is 1. The minimum Gasteiger partial charge on any atom is -0.497 e. The monoisotopic (exact) mass is 660 g/mol. The minimum absolute atomic E-state index is 0.273. The van der Waals surface area contributed by atoms with Crippen LogP contribution in [0, 0.1) is 6.92 Å². The van der Waals surface area contributed by atoms with Crippen LogP contribution in [-0.2, 0) is 9.53 Å². The van der Waals surface area contributed by atoms with Gasteiger partial charge in [-0.1, -0.05) is 54.3 Å². The average molecular weight is 661 g/mol. The Morgan fingerprint density at radius 2 is 1.81 bits per heavy atom. The first kappa shape index (κ1) is 32.5. The lowest BCUT2D eigenvalue weighted by Crippen LogP contribution is -2.40. The van der Waals surface area contributed by atoms with Gasteiger partial charge in [0, 0.05) is 17.3 Å². The van der Waals surface area contributed by atoms with Gasteiger partial charge in [0.2, 0.25) is 0 Å². The van der Waals surface area contributed by atoms with E-state index in [4.69, 9.17) is 24.3 Å². The van der Waals surface area contributed by atoms with Gasteiger partial charge in [-0.3, -0.25) is 9.36 Å². The molecule has 244 valence electrons. The molecule has 2 aromatic heterocycles. The highest BCUT2D eigenvalue weighted by molar-refractivity contribution is 7.07. The van der Waals surface area contributed by atoms with Gasteiger partial charge in [0.05, 0.1) is 40.7 Å². The van der Waals surface area contributed by atoms with E-state index in [1.165, 1.54) is 11.3 Å². The summed E-state index contributed by atoms with van der Waals surface area (Å²) >= 11 is 1.27. The number of rotatable bonds is 10. The second-order valence-corrected chi connectivity index (χ2v) is 12.6. The van der Waals surface area contributed by atoms with E-state index in [0.717, 1.165) is 33.7 Å². The van der Waals surface area contributed by atoms with E-state index < -0.39 is 12.0 Å². The van der Waals surface area contributed by atoms with Crippen molar-refractivity contribution in [1.82, 2.24) is 14.3 Å². The van der Waals surface area contributed by atoms with Gasteiger partial charge in [0.1, 0.15) is 23.8 Å². The number of carbonyl (C=O) groups is 1.